The van der Waals surface area contributed by atoms with Crippen LogP contribution in [0.4, 0.5) is 0 Å². The number of aromatic nitrogens is 2. The van der Waals surface area contributed by atoms with Crippen LogP contribution in [0, 0.1) is 0 Å². The number of nitrogens with zero attached hydrogens (tertiary/aromatic N) is 2. The standard InChI is InChI=1S/C12H22ClN3/c1-4-8-16-12(11(13)9-15-16)6-5-7-14-10(2)3/h9-10,14H,4-8H2,1-3H3. The summed E-state index contributed by atoms with van der Waals surface area (Å²) in [4.78, 5) is 0. The van der Waals surface area contributed by atoms with Crippen molar-refractivity contribution in [2.24, 2.45) is 0 Å². The summed E-state index contributed by atoms with van der Waals surface area (Å²) in [6.07, 6.45) is 4.95. The van der Waals surface area contributed by atoms with E-state index in [1.54, 1.807) is 6.20 Å². The highest BCUT2D eigenvalue weighted by atomic mass is 35.5. The second kappa shape index (κ2) is 6.92. The molecule has 0 spiro atoms. The average Bonchev–Trinajstić information content (AvgIpc) is 2.56. The number of halogens is 1. The second-order valence-electron chi connectivity index (χ2n) is 4.37. The van der Waals surface area contributed by atoms with Gasteiger partial charge in [-0.25, -0.2) is 0 Å². The molecule has 0 fully saturated rings. The molecule has 1 heterocycles. The van der Waals surface area contributed by atoms with Gasteiger partial charge >= 0.3 is 0 Å². The molecule has 1 rings (SSSR count). The van der Waals surface area contributed by atoms with Crippen molar-refractivity contribution in [1.29, 1.82) is 0 Å². The molecule has 3 nitrogen and oxygen atoms in total. The van der Waals surface area contributed by atoms with Crippen molar-refractivity contribution in [3.05, 3.63) is 16.9 Å². The number of aryl methyl sites for hydroxylation is 1. The third-order valence-corrected chi connectivity index (χ3v) is 2.79. The molecule has 4 heteroatoms. The first kappa shape index (κ1) is 13.5. The van der Waals surface area contributed by atoms with Gasteiger partial charge in [0.15, 0.2) is 0 Å². The predicted octanol–water partition coefficient (Wildman–Crippen LogP) is 2.88. The molecule has 1 aromatic heterocycles. The fourth-order valence-electron chi connectivity index (χ4n) is 1.69. The van der Waals surface area contributed by atoms with Crippen molar-refractivity contribution < 1.29 is 0 Å². The van der Waals surface area contributed by atoms with Gasteiger partial charge in [-0.15, -0.1) is 0 Å². The Bertz CT molecular complexity index is 307. The maximum absolute atomic E-state index is 6.12. The highest BCUT2D eigenvalue weighted by Crippen LogP contribution is 2.17. The maximum Gasteiger partial charge on any atom is 0.0817 e. The summed E-state index contributed by atoms with van der Waals surface area (Å²) in [5, 5.41) is 8.49. The zero-order valence-electron chi connectivity index (χ0n) is 10.5. The third-order valence-electron chi connectivity index (χ3n) is 2.48. The third kappa shape index (κ3) is 4.14. The molecule has 0 aliphatic carbocycles. The van der Waals surface area contributed by atoms with E-state index in [-0.39, 0.29) is 0 Å². The van der Waals surface area contributed by atoms with E-state index in [1.807, 2.05) is 4.68 Å². The van der Waals surface area contributed by atoms with Crippen LogP contribution in [0.3, 0.4) is 0 Å². The van der Waals surface area contributed by atoms with E-state index < -0.39 is 0 Å². The van der Waals surface area contributed by atoms with Gasteiger partial charge in [-0.1, -0.05) is 32.4 Å². The van der Waals surface area contributed by atoms with Crippen LogP contribution in [-0.4, -0.2) is 22.4 Å². The van der Waals surface area contributed by atoms with E-state index in [0.29, 0.717) is 6.04 Å². The summed E-state index contributed by atoms with van der Waals surface area (Å²) in [5.41, 5.74) is 1.18. The monoisotopic (exact) mass is 243 g/mol. The Kier molecular flexibility index (Phi) is 5.85. The van der Waals surface area contributed by atoms with Crippen molar-refractivity contribution in [3.63, 3.8) is 0 Å². The molecule has 0 bridgehead atoms. The van der Waals surface area contributed by atoms with Crippen LogP contribution < -0.4 is 5.32 Å². The van der Waals surface area contributed by atoms with Crippen LogP contribution in [0.1, 0.15) is 39.3 Å². The Hall–Kier alpha value is -0.540. The van der Waals surface area contributed by atoms with Crippen LogP contribution in [0.25, 0.3) is 0 Å². The molecule has 0 aliphatic rings. The minimum Gasteiger partial charge on any atom is -0.315 e. The molecular weight excluding hydrogens is 222 g/mol. The number of nitrogens with one attached hydrogen (secondary N) is 1. The average molecular weight is 244 g/mol. The van der Waals surface area contributed by atoms with Gasteiger partial charge in [-0.05, 0) is 25.8 Å². The Morgan fingerprint density at radius 1 is 1.50 bits per heavy atom. The minimum absolute atomic E-state index is 0.552. The SMILES string of the molecule is CCCn1ncc(Cl)c1CCCNC(C)C. The molecule has 0 saturated carbocycles. The smallest absolute Gasteiger partial charge is 0.0817 e. The Labute approximate surface area is 103 Å². The number of rotatable bonds is 7. The van der Waals surface area contributed by atoms with Gasteiger partial charge in [-0.2, -0.15) is 5.10 Å². The molecule has 0 atom stereocenters. The van der Waals surface area contributed by atoms with Crippen LogP contribution >= 0.6 is 11.6 Å². The van der Waals surface area contributed by atoms with Gasteiger partial charge in [0.05, 0.1) is 16.9 Å². The van der Waals surface area contributed by atoms with E-state index in [0.717, 1.165) is 37.4 Å². The fraction of sp³-hybridized carbons (Fsp3) is 0.750. The second-order valence-corrected chi connectivity index (χ2v) is 4.78. The summed E-state index contributed by atoms with van der Waals surface area (Å²) < 4.78 is 2.03. The highest BCUT2D eigenvalue weighted by Gasteiger charge is 2.07. The highest BCUT2D eigenvalue weighted by molar-refractivity contribution is 6.31. The predicted molar refractivity (Wildman–Crippen MR) is 69.0 cm³/mol. The molecule has 1 aromatic rings. The van der Waals surface area contributed by atoms with E-state index in [2.05, 4.69) is 31.2 Å². The summed E-state index contributed by atoms with van der Waals surface area (Å²) in [7, 11) is 0. The van der Waals surface area contributed by atoms with Crippen molar-refractivity contribution in [2.75, 3.05) is 6.54 Å². The van der Waals surface area contributed by atoms with E-state index >= 15 is 0 Å². The first-order valence-corrected chi connectivity index (χ1v) is 6.46. The number of hydrogen-bond donors (Lipinski definition) is 1. The van der Waals surface area contributed by atoms with Crippen molar-refractivity contribution in [1.82, 2.24) is 15.1 Å². The lowest BCUT2D eigenvalue weighted by Gasteiger charge is -2.09. The first-order chi connectivity index (χ1) is 7.65. The largest absolute Gasteiger partial charge is 0.315 e. The summed E-state index contributed by atoms with van der Waals surface area (Å²) in [6, 6.07) is 0.552. The van der Waals surface area contributed by atoms with Crippen LogP contribution in [-0.2, 0) is 13.0 Å². The van der Waals surface area contributed by atoms with E-state index in [9.17, 15) is 0 Å². The molecule has 92 valence electrons. The summed E-state index contributed by atoms with van der Waals surface area (Å²) >= 11 is 6.12. The van der Waals surface area contributed by atoms with E-state index in [4.69, 9.17) is 11.6 Å². The van der Waals surface area contributed by atoms with Gasteiger partial charge in [0, 0.05) is 12.6 Å². The lowest BCUT2D eigenvalue weighted by Crippen LogP contribution is -2.24. The van der Waals surface area contributed by atoms with Crippen LogP contribution in [0.5, 0.6) is 0 Å². The molecule has 1 N–H and O–H groups in total. The van der Waals surface area contributed by atoms with E-state index in [1.165, 1.54) is 5.69 Å². The van der Waals surface area contributed by atoms with Crippen LogP contribution in [0.15, 0.2) is 6.20 Å². The van der Waals surface area contributed by atoms with Gasteiger partial charge in [0.25, 0.3) is 0 Å². The normalized spacial score (nSPS) is 11.3. The minimum atomic E-state index is 0.552. The quantitative estimate of drug-likeness (QED) is 0.747. The molecule has 0 unspecified atom stereocenters. The molecule has 0 amide bonds. The zero-order valence-corrected chi connectivity index (χ0v) is 11.2. The molecule has 16 heavy (non-hydrogen) atoms. The van der Waals surface area contributed by atoms with Crippen molar-refractivity contribution in [3.8, 4) is 0 Å². The number of hydrogen-bond acceptors (Lipinski definition) is 2. The Morgan fingerprint density at radius 3 is 2.88 bits per heavy atom. The maximum atomic E-state index is 6.12. The molecular formula is C12H22ClN3. The van der Waals surface area contributed by atoms with Crippen molar-refractivity contribution in [2.45, 2.75) is 52.6 Å². The Balaban J connectivity index is 2.42. The Morgan fingerprint density at radius 2 is 2.25 bits per heavy atom. The molecule has 0 saturated heterocycles. The molecule has 0 aliphatic heterocycles. The van der Waals surface area contributed by atoms with Gasteiger partial charge in [0.1, 0.15) is 0 Å². The van der Waals surface area contributed by atoms with Crippen molar-refractivity contribution >= 4 is 11.6 Å². The molecule has 0 aromatic carbocycles. The zero-order chi connectivity index (χ0) is 12.0. The summed E-state index contributed by atoms with van der Waals surface area (Å²) in [5.74, 6) is 0. The van der Waals surface area contributed by atoms with Crippen LogP contribution in [0.2, 0.25) is 5.02 Å². The topological polar surface area (TPSA) is 29.9 Å². The van der Waals surface area contributed by atoms with Gasteiger partial charge in [-0.3, -0.25) is 4.68 Å². The van der Waals surface area contributed by atoms with Gasteiger partial charge in [0.2, 0.25) is 0 Å². The molecule has 0 radical (unpaired) electrons. The first-order valence-electron chi connectivity index (χ1n) is 6.08. The lowest BCUT2D eigenvalue weighted by atomic mass is 10.2. The van der Waals surface area contributed by atoms with Gasteiger partial charge < -0.3 is 5.32 Å². The fourth-order valence-corrected chi connectivity index (χ4v) is 1.92. The summed E-state index contributed by atoms with van der Waals surface area (Å²) in [6.45, 7) is 8.47. The lowest BCUT2D eigenvalue weighted by molar-refractivity contribution is 0.540.